The van der Waals surface area contributed by atoms with Crippen LogP contribution in [0.2, 0.25) is 0 Å². The largest absolute Gasteiger partial charge is 0.479 e. The van der Waals surface area contributed by atoms with Crippen LogP contribution in [0.25, 0.3) is 16.6 Å². The number of likely N-dealkylation sites (tertiary alicyclic amines) is 1. The summed E-state index contributed by atoms with van der Waals surface area (Å²) in [6.45, 7) is 3.58. The number of nitrogens with zero attached hydrogens (tertiary/aromatic N) is 5. The maximum absolute atomic E-state index is 14.7. The maximum Gasteiger partial charge on any atom is 0.244 e. The van der Waals surface area contributed by atoms with Crippen molar-refractivity contribution in [3.05, 3.63) is 36.0 Å². The molecule has 1 aromatic carbocycles. The first-order valence-electron chi connectivity index (χ1n) is 12.2. The summed E-state index contributed by atoms with van der Waals surface area (Å²) >= 11 is 0. The summed E-state index contributed by atoms with van der Waals surface area (Å²) in [6.07, 6.45) is 2.25. The Morgan fingerprint density at radius 1 is 1.31 bits per heavy atom. The number of carbonyl (C=O) groups excluding carboxylic acids is 1. The van der Waals surface area contributed by atoms with Gasteiger partial charge in [0.2, 0.25) is 17.7 Å². The zero-order valence-electron chi connectivity index (χ0n) is 20.7. The van der Waals surface area contributed by atoms with Gasteiger partial charge < -0.3 is 15.0 Å². The molecule has 2 aliphatic heterocycles. The average molecular weight is 497 g/mol. The van der Waals surface area contributed by atoms with E-state index in [1.165, 1.54) is 18.9 Å². The molecular weight excluding hydrogens is 466 g/mol. The number of aliphatic imine (C=N–C) groups is 1. The Bertz CT molecular complexity index is 1320. The number of carbonyl (C=O) groups is 1. The van der Waals surface area contributed by atoms with Gasteiger partial charge in [-0.2, -0.15) is 4.98 Å². The van der Waals surface area contributed by atoms with Crippen LogP contribution in [-0.4, -0.2) is 70.2 Å². The second kappa shape index (κ2) is 9.83. The summed E-state index contributed by atoms with van der Waals surface area (Å²) in [5.74, 6) is 0.573. The Labute approximate surface area is 208 Å². The highest BCUT2D eigenvalue weighted by molar-refractivity contribution is 5.90. The van der Waals surface area contributed by atoms with Crippen molar-refractivity contribution in [2.75, 3.05) is 32.2 Å². The molecular formula is C26H30F2N6O2. The number of ether oxygens (including phenoxy) is 1. The van der Waals surface area contributed by atoms with Crippen molar-refractivity contribution in [3.63, 3.8) is 0 Å². The second-order valence-electron chi connectivity index (χ2n) is 9.49. The molecule has 1 amide bonds. The SMILES string of the molecule is COc1nc(N[C@H]2CCN(C(C)=O)C[C@H]2F)nn2ccc(-c3ccc4c(c3)C(CCF)CC(C)=N4)c12. The molecule has 1 N–H and O–H groups in total. The van der Waals surface area contributed by atoms with Crippen molar-refractivity contribution in [2.24, 2.45) is 4.99 Å². The Hall–Kier alpha value is -3.56. The molecule has 190 valence electrons. The molecule has 0 saturated carbocycles. The Morgan fingerprint density at radius 3 is 2.86 bits per heavy atom. The molecule has 3 atom stereocenters. The minimum atomic E-state index is -1.23. The van der Waals surface area contributed by atoms with Gasteiger partial charge in [0, 0.05) is 30.9 Å². The number of methoxy groups -OCH3 is 1. The molecule has 0 bridgehead atoms. The minimum Gasteiger partial charge on any atom is -0.479 e. The molecule has 4 heterocycles. The smallest absolute Gasteiger partial charge is 0.244 e. The van der Waals surface area contributed by atoms with Crippen LogP contribution < -0.4 is 10.1 Å². The zero-order valence-corrected chi connectivity index (χ0v) is 20.7. The fraction of sp³-hybridized carbons (Fsp3) is 0.462. The molecule has 1 fully saturated rings. The van der Waals surface area contributed by atoms with E-state index in [4.69, 9.17) is 4.74 Å². The number of fused-ring (bicyclic) bond motifs is 2. The van der Waals surface area contributed by atoms with E-state index in [-0.39, 0.29) is 31.0 Å². The van der Waals surface area contributed by atoms with Crippen molar-refractivity contribution in [1.82, 2.24) is 19.5 Å². The molecule has 0 spiro atoms. The number of rotatable bonds is 6. The fourth-order valence-electron chi connectivity index (χ4n) is 5.21. The number of alkyl halides is 2. The van der Waals surface area contributed by atoms with Crippen LogP contribution >= 0.6 is 0 Å². The monoisotopic (exact) mass is 496 g/mol. The predicted octanol–water partition coefficient (Wildman–Crippen LogP) is 4.72. The Balaban J connectivity index is 1.46. The normalized spacial score (nSPS) is 21.8. The minimum absolute atomic E-state index is 0.0470. The summed E-state index contributed by atoms with van der Waals surface area (Å²) in [5, 5.41) is 7.63. The highest BCUT2D eigenvalue weighted by atomic mass is 19.1. The topological polar surface area (TPSA) is 84.1 Å². The third kappa shape index (κ3) is 4.52. The van der Waals surface area contributed by atoms with E-state index in [9.17, 15) is 13.6 Å². The van der Waals surface area contributed by atoms with E-state index in [0.717, 1.165) is 34.5 Å². The predicted molar refractivity (Wildman–Crippen MR) is 135 cm³/mol. The summed E-state index contributed by atoms with van der Waals surface area (Å²) in [5.41, 5.74) is 5.45. The number of nitrogens with one attached hydrogen (secondary N) is 1. The van der Waals surface area contributed by atoms with Crippen molar-refractivity contribution in [2.45, 2.75) is 51.2 Å². The van der Waals surface area contributed by atoms with Gasteiger partial charge in [-0.3, -0.25) is 14.2 Å². The van der Waals surface area contributed by atoms with E-state index < -0.39 is 12.2 Å². The van der Waals surface area contributed by atoms with Gasteiger partial charge in [-0.1, -0.05) is 6.07 Å². The average Bonchev–Trinajstić information content (AvgIpc) is 3.28. The first-order chi connectivity index (χ1) is 17.4. The zero-order chi connectivity index (χ0) is 25.4. The lowest BCUT2D eigenvalue weighted by atomic mass is 9.86. The number of aromatic nitrogens is 3. The Kier molecular flexibility index (Phi) is 6.59. The molecule has 36 heavy (non-hydrogen) atoms. The van der Waals surface area contributed by atoms with Gasteiger partial charge in [0.25, 0.3) is 0 Å². The van der Waals surface area contributed by atoms with Crippen molar-refractivity contribution in [3.8, 4) is 17.0 Å². The van der Waals surface area contributed by atoms with Crippen LogP contribution in [0.1, 0.15) is 44.6 Å². The van der Waals surface area contributed by atoms with Crippen LogP contribution in [0.4, 0.5) is 20.4 Å². The first kappa shape index (κ1) is 24.1. The molecule has 5 rings (SSSR count). The summed E-state index contributed by atoms with van der Waals surface area (Å²) in [4.78, 5) is 22.3. The van der Waals surface area contributed by atoms with Crippen LogP contribution in [0.5, 0.6) is 5.88 Å². The third-order valence-corrected chi connectivity index (χ3v) is 7.06. The van der Waals surface area contributed by atoms with E-state index in [1.807, 2.05) is 31.3 Å². The van der Waals surface area contributed by atoms with Crippen LogP contribution in [0.15, 0.2) is 35.5 Å². The van der Waals surface area contributed by atoms with E-state index in [2.05, 4.69) is 26.5 Å². The lowest BCUT2D eigenvalue weighted by Crippen LogP contribution is -2.49. The van der Waals surface area contributed by atoms with Gasteiger partial charge >= 0.3 is 0 Å². The van der Waals surface area contributed by atoms with E-state index >= 15 is 0 Å². The molecule has 2 aliphatic rings. The fourth-order valence-corrected chi connectivity index (χ4v) is 5.21. The highest BCUT2D eigenvalue weighted by Gasteiger charge is 2.31. The highest BCUT2D eigenvalue weighted by Crippen LogP contribution is 2.41. The first-order valence-corrected chi connectivity index (χ1v) is 12.2. The lowest BCUT2D eigenvalue weighted by molar-refractivity contribution is -0.131. The van der Waals surface area contributed by atoms with Crippen LogP contribution in [-0.2, 0) is 4.79 Å². The van der Waals surface area contributed by atoms with E-state index in [1.54, 1.807) is 4.52 Å². The molecule has 0 aliphatic carbocycles. The van der Waals surface area contributed by atoms with Crippen molar-refractivity contribution < 1.29 is 18.3 Å². The number of piperidine rings is 1. The summed E-state index contributed by atoms with van der Waals surface area (Å²) < 4.78 is 35.3. The lowest BCUT2D eigenvalue weighted by Gasteiger charge is -2.34. The second-order valence-corrected chi connectivity index (χ2v) is 9.49. The van der Waals surface area contributed by atoms with Crippen LogP contribution in [0, 0.1) is 0 Å². The van der Waals surface area contributed by atoms with E-state index in [0.29, 0.717) is 30.8 Å². The molecule has 3 aromatic rings. The maximum atomic E-state index is 14.7. The third-order valence-electron chi connectivity index (χ3n) is 7.06. The molecule has 0 radical (unpaired) electrons. The number of halogens is 2. The Morgan fingerprint density at radius 2 is 2.14 bits per heavy atom. The quantitative estimate of drug-likeness (QED) is 0.534. The van der Waals surface area contributed by atoms with Gasteiger partial charge in [-0.05, 0) is 61.4 Å². The number of hydrogen-bond donors (Lipinski definition) is 1. The number of amides is 1. The summed E-state index contributed by atoms with van der Waals surface area (Å²) in [6, 6.07) is 7.46. The van der Waals surface area contributed by atoms with Gasteiger partial charge in [0.05, 0.1) is 32.1 Å². The van der Waals surface area contributed by atoms with Crippen molar-refractivity contribution in [1.29, 1.82) is 0 Å². The number of hydrogen-bond acceptors (Lipinski definition) is 6. The van der Waals surface area contributed by atoms with Gasteiger partial charge in [0.15, 0.2) is 0 Å². The molecule has 8 nitrogen and oxygen atoms in total. The van der Waals surface area contributed by atoms with Gasteiger partial charge in [-0.15, -0.1) is 5.10 Å². The standard InChI is InChI=1S/C26H30F2N6O2/c1-15-12-18(6-9-27)20-13-17(4-5-22(20)29-15)19-7-11-34-24(19)25(36-3)31-26(32-34)30-23-8-10-33(16(2)35)14-21(23)28/h4-5,7,11,13,18,21,23H,6,8-10,12,14H2,1-3H3,(H,30,32)/t18?,21-,23+/m1/s1. The van der Waals surface area contributed by atoms with Crippen LogP contribution in [0.3, 0.4) is 0 Å². The molecule has 10 heteroatoms. The van der Waals surface area contributed by atoms with Gasteiger partial charge in [-0.25, -0.2) is 8.91 Å². The molecule has 1 saturated heterocycles. The van der Waals surface area contributed by atoms with Crippen molar-refractivity contribution >= 4 is 28.8 Å². The summed E-state index contributed by atoms with van der Waals surface area (Å²) in [7, 11) is 1.54. The number of benzene rings is 1. The van der Waals surface area contributed by atoms with Gasteiger partial charge in [0.1, 0.15) is 11.7 Å². The molecule has 2 aromatic heterocycles. The number of anilines is 1. The molecule has 1 unspecified atom stereocenters.